The Morgan fingerprint density at radius 3 is 2.21 bits per heavy atom. The highest BCUT2D eigenvalue weighted by Gasteiger charge is 2.11. The molecule has 1 atom stereocenters. The Morgan fingerprint density at radius 1 is 0.912 bits per heavy atom. The quantitative estimate of drug-likeness (QED) is 0.307. The average Bonchev–Trinajstić information content (AvgIpc) is 2.80. The van der Waals surface area contributed by atoms with Gasteiger partial charge in [0.25, 0.3) is 0 Å². The van der Waals surface area contributed by atoms with Crippen molar-refractivity contribution in [1.82, 2.24) is 15.0 Å². The molecular formula is C24H23Cl2FN6O. The van der Waals surface area contributed by atoms with Crippen LogP contribution in [0.25, 0.3) is 11.1 Å². The summed E-state index contributed by atoms with van der Waals surface area (Å²) in [6, 6.07) is 17.0. The van der Waals surface area contributed by atoms with Crippen molar-refractivity contribution in [2.75, 3.05) is 10.6 Å². The maximum Gasteiger partial charge on any atom is 0.248 e. The number of primary amides is 1. The van der Waals surface area contributed by atoms with Crippen LogP contribution in [0.4, 0.5) is 21.8 Å². The lowest BCUT2D eigenvalue weighted by Gasteiger charge is -2.17. The number of anilines is 3. The van der Waals surface area contributed by atoms with Crippen LogP contribution in [0.15, 0.2) is 79.3 Å². The second kappa shape index (κ2) is 11.9. The van der Waals surface area contributed by atoms with E-state index in [2.05, 4.69) is 25.6 Å². The zero-order chi connectivity index (χ0) is 22.5. The van der Waals surface area contributed by atoms with Crippen LogP contribution in [0.2, 0.25) is 0 Å². The van der Waals surface area contributed by atoms with E-state index in [0.29, 0.717) is 23.0 Å². The maximum atomic E-state index is 13.3. The molecule has 0 aliphatic rings. The molecule has 0 fully saturated rings. The molecule has 176 valence electrons. The van der Waals surface area contributed by atoms with Gasteiger partial charge in [0.05, 0.1) is 6.20 Å². The fourth-order valence-corrected chi connectivity index (χ4v) is 3.21. The first-order valence-corrected chi connectivity index (χ1v) is 9.95. The van der Waals surface area contributed by atoms with Crippen LogP contribution < -0.4 is 16.4 Å². The Morgan fingerprint density at radius 2 is 1.59 bits per heavy atom. The van der Waals surface area contributed by atoms with Gasteiger partial charge in [-0.05, 0) is 60.0 Å². The molecule has 7 nitrogen and oxygen atoms in total. The van der Waals surface area contributed by atoms with Gasteiger partial charge in [0.2, 0.25) is 5.91 Å². The topological polar surface area (TPSA) is 106 Å². The summed E-state index contributed by atoms with van der Waals surface area (Å²) in [4.78, 5) is 24.3. The molecule has 0 aliphatic heterocycles. The molecule has 0 aliphatic carbocycles. The highest BCUT2D eigenvalue weighted by molar-refractivity contribution is 5.93. The van der Waals surface area contributed by atoms with Gasteiger partial charge in [-0.15, -0.1) is 24.8 Å². The second-order valence-electron chi connectivity index (χ2n) is 7.20. The molecule has 4 aromatic rings. The molecule has 2 heterocycles. The van der Waals surface area contributed by atoms with Crippen LogP contribution in [-0.4, -0.2) is 20.9 Å². The summed E-state index contributed by atoms with van der Waals surface area (Å²) >= 11 is 0. The number of hydrogen-bond acceptors (Lipinski definition) is 6. The largest absolute Gasteiger partial charge is 0.366 e. The number of pyridine rings is 1. The molecular weight excluding hydrogens is 478 g/mol. The molecule has 0 bridgehead atoms. The first kappa shape index (κ1) is 26.5. The maximum absolute atomic E-state index is 13.3. The Bertz CT molecular complexity index is 1220. The van der Waals surface area contributed by atoms with Crippen molar-refractivity contribution in [2.45, 2.75) is 13.0 Å². The molecule has 1 unspecified atom stereocenters. The van der Waals surface area contributed by atoms with Crippen LogP contribution in [0.5, 0.6) is 0 Å². The van der Waals surface area contributed by atoms with Gasteiger partial charge in [0, 0.05) is 24.0 Å². The van der Waals surface area contributed by atoms with E-state index >= 15 is 0 Å². The fraction of sp³-hybridized carbons (Fsp3) is 0.0833. The number of nitrogens with one attached hydrogen (secondary N) is 2. The lowest BCUT2D eigenvalue weighted by atomic mass is 10.0. The molecule has 0 radical (unpaired) electrons. The van der Waals surface area contributed by atoms with Gasteiger partial charge in [0.1, 0.15) is 23.3 Å². The van der Waals surface area contributed by atoms with E-state index in [1.165, 1.54) is 12.1 Å². The number of halogens is 3. The SMILES string of the molecule is CC(Nc1cc(-c2ccc(C(N)=O)cc2)cc(Nc2cnccn2)n1)c1ccc(F)cc1.Cl.Cl. The fourth-order valence-electron chi connectivity index (χ4n) is 3.21. The zero-order valence-corrected chi connectivity index (χ0v) is 19.7. The van der Waals surface area contributed by atoms with Crippen LogP contribution in [0.3, 0.4) is 0 Å². The third kappa shape index (κ3) is 6.63. The lowest BCUT2D eigenvalue weighted by Crippen LogP contribution is -2.10. The number of nitrogens with zero attached hydrogens (tertiary/aromatic N) is 3. The number of amides is 1. The Labute approximate surface area is 208 Å². The molecule has 1 amide bonds. The van der Waals surface area contributed by atoms with Crippen molar-refractivity contribution in [3.05, 3.63) is 96.2 Å². The van der Waals surface area contributed by atoms with E-state index in [-0.39, 0.29) is 36.7 Å². The monoisotopic (exact) mass is 500 g/mol. The van der Waals surface area contributed by atoms with Gasteiger partial charge in [-0.1, -0.05) is 24.3 Å². The number of hydrogen-bond donors (Lipinski definition) is 3. The lowest BCUT2D eigenvalue weighted by molar-refractivity contribution is 0.100. The van der Waals surface area contributed by atoms with Crippen molar-refractivity contribution in [1.29, 1.82) is 0 Å². The Balaban J connectivity index is 0.00000204. The summed E-state index contributed by atoms with van der Waals surface area (Å²) in [5.41, 5.74) is 8.47. The van der Waals surface area contributed by atoms with Crippen LogP contribution in [0, 0.1) is 5.82 Å². The van der Waals surface area contributed by atoms with Crippen LogP contribution >= 0.6 is 24.8 Å². The average molecular weight is 501 g/mol. The smallest absolute Gasteiger partial charge is 0.248 e. The van der Waals surface area contributed by atoms with Crippen molar-refractivity contribution in [3.63, 3.8) is 0 Å². The number of rotatable bonds is 7. The summed E-state index contributed by atoms with van der Waals surface area (Å²) in [7, 11) is 0. The summed E-state index contributed by atoms with van der Waals surface area (Å²) in [6.07, 6.45) is 4.78. The van der Waals surface area contributed by atoms with Crippen LogP contribution in [-0.2, 0) is 0 Å². The van der Waals surface area contributed by atoms with Gasteiger partial charge in [-0.2, -0.15) is 0 Å². The van der Waals surface area contributed by atoms with E-state index in [4.69, 9.17) is 5.73 Å². The third-order valence-electron chi connectivity index (χ3n) is 4.88. The van der Waals surface area contributed by atoms with E-state index < -0.39 is 5.91 Å². The van der Waals surface area contributed by atoms with Gasteiger partial charge in [-0.25, -0.2) is 14.4 Å². The van der Waals surface area contributed by atoms with E-state index in [9.17, 15) is 9.18 Å². The van der Waals surface area contributed by atoms with Gasteiger partial charge in [-0.3, -0.25) is 9.78 Å². The normalized spacial score (nSPS) is 10.9. The molecule has 2 aromatic carbocycles. The summed E-state index contributed by atoms with van der Waals surface area (Å²) < 4.78 is 13.3. The standard InChI is InChI=1S/C24H21FN6O.2ClH/c1-15(16-6-8-20(25)9-7-16)29-21-12-19(17-2-4-18(5-3-17)24(26)32)13-22(30-21)31-23-14-27-10-11-28-23;;/h2-15H,1H3,(H2,26,32)(H2,28,29,30,31);2*1H. The first-order valence-electron chi connectivity index (χ1n) is 9.95. The van der Waals surface area contributed by atoms with E-state index in [0.717, 1.165) is 16.7 Å². The summed E-state index contributed by atoms with van der Waals surface area (Å²) in [5.74, 6) is 0.974. The predicted molar refractivity (Wildman–Crippen MR) is 136 cm³/mol. The molecule has 4 N–H and O–H groups in total. The van der Waals surface area contributed by atoms with Crippen molar-refractivity contribution in [2.24, 2.45) is 5.73 Å². The predicted octanol–water partition coefficient (Wildman–Crippen LogP) is 5.54. The summed E-state index contributed by atoms with van der Waals surface area (Å²) in [5, 5.41) is 6.52. The molecule has 10 heteroatoms. The highest BCUT2D eigenvalue weighted by Crippen LogP contribution is 2.28. The second-order valence-corrected chi connectivity index (χ2v) is 7.20. The molecule has 2 aromatic heterocycles. The van der Waals surface area contributed by atoms with Crippen molar-refractivity contribution in [3.8, 4) is 11.1 Å². The molecule has 4 rings (SSSR count). The van der Waals surface area contributed by atoms with Crippen LogP contribution in [0.1, 0.15) is 28.9 Å². The molecule has 0 saturated carbocycles. The number of benzene rings is 2. The van der Waals surface area contributed by atoms with Gasteiger partial charge < -0.3 is 16.4 Å². The third-order valence-corrected chi connectivity index (χ3v) is 4.88. The minimum Gasteiger partial charge on any atom is -0.366 e. The van der Waals surface area contributed by atoms with E-state index in [1.807, 2.05) is 31.2 Å². The number of carbonyl (C=O) groups excluding carboxylic acids is 1. The highest BCUT2D eigenvalue weighted by atomic mass is 35.5. The minimum atomic E-state index is -0.480. The molecule has 0 saturated heterocycles. The zero-order valence-electron chi connectivity index (χ0n) is 18.1. The van der Waals surface area contributed by atoms with Crippen molar-refractivity contribution >= 4 is 48.2 Å². The first-order chi connectivity index (χ1) is 15.5. The summed E-state index contributed by atoms with van der Waals surface area (Å²) in [6.45, 7) is 1.97. The number of aromatic nitrogens is 3. The van der Waals surface area contributed by atoms with E-state index in [1.54, 1.807) is 42.9 Å². The van der Waals surface area contributed by atoms with Gasteiger partial charge >= 0.3 is 0 Å². The number of nitrogens with two attached hydrogens (primary N) is 1. The van der Waals surface area contributed by atoms with Gasteiger partial charge in [0.15, 0.2) is 0 Å². The molecule has 0 spiro atoms. The van der Waals surface area contributed by atoms with Crippen molar-refractivity contribution < 1.29 is 9.18 Å². The Hall–Kier alpha value is -3.75. The Kier molecular flexibility index (Phi) is 9.29. The molecule has 34 heavy (non-hydrogen) atoms. The minimum absolute atomic E-state index is 0. The number of carbonyl (C=O) groups is 1.